The van der Waals surface area contributed by atoms with E-state index in [0.717, 1.165) is 17.8 Å². The molecule has 1 aliphatic rings. The summed E-state index contributed by atoms with van der Waals surface area (Å²) in [4.78, 5) is 17.5. The summed E-state index contributed by atoms with van der Waals surface area (Å²) in [6.07, 6.45) is 2.84. The first-order chi connectivity index (χ1) is 14.8. The first-order valence-corrected chi connectivity index (χ1v) is 11.3. The van der Waals surface area contributed by atoms with Crippen molar-refractivity contribution < 1.29 is 14.3 Å². The standard InChI is InChI=1S/C24H34ClN3O3/c1-17(2)14-28(24(29)18(3)15-27(5)22-8-6-9-26(22)4)16-19-12-20(25)23-21(13-19)30-10-7-11-31-23/h6,8-9,12-13,17-18H,7,10-11,14-16H2,1-5H3. The van der Waals surface area contributed by atoms with Crippen LogP contribution in [0.2, 0.25) is 5.02 Å². The number of nitrogens with zero attached hydrogens (tertiary/aromatic N) is 3. The average molecular weight is 448 g/mol. The van der Waals surface area contributed by atoms with Crippen molar-refractivity contribution in [2.45, 2.75) is 33.7 Å². The molecule has 1 amide bonds. The molecule has 0 N–H and O–H groups in total. The van der Waals surface area contributed by atoms with Crippen LogP contribution in [0.25, 0.3) is 0 Å². The van der Waals surface area contributed by atoms with E-state index in [1.807, 2.05) is 50.3 Å². The topological polar surface area (TPSA) is 46.9 Å². The van der Waals surface area contributed by atoms with Gasteiger partial charge in [0.25, 0.3) is 0 Å². The highest BCUT2D eigenvalue weighted by atomic mass is 35.5. The highest BCUT2D eigenvalue weighted by molar-refractivity contribution is 6.32. The van der Waals surface area contributed by atoms with Crippen molar-refractivity contribution in [2.24, 2.45) is 18.9 Å². The van der Waals surface area contributed by atoms with Gasteiger partial charge in [-0.2, -0.15) is 0 Å². The van der Waals surface area contributed by atoms with Gasteiger partial charge >= 0.3 is 0 Å². The predicted molar refractivity (Wildman–Crippen MR) is 125 cm³/mol. The maximum Gasteiger partial charge on any atom is 0.227 e. The minimum atomic E-state index is -0.144. The number of amides is 1. The second kappa shape index (κ2) is 10.3. The molecule has 0 radical (unpaired) electrons. The van der Waals surface area contributed by atoms with E-state index in [4.69, 9.17) is 21.1 Å². The smallest absolute Gasteiger partial charge is 0.227 e. The van der Waals surface area contributed by atoms with E-state index in [1.165, 1.54) is 0 Å². The zero-order valence-electron chi connectivity index (χ0n) is 19.2. The van der Waals surface area contributed by atoms with E-state index >= 15 is 0 Å². The second-order valence-electron chi connectivity index (χ2n) is 8.83. The van der Waals surface area contributed by atoms with E-state index in [1.54, 1.807) is 0 Å². The number of carbonyl (C=O) groups is 1. The fraction of sp³-hybridized carbons (Fsp3) is 0.542. The van der Waals surface area contributed by atoms with Gasteiger partial charge < -0.3 is 23.8 Å². The van der Waals surface area contributed by atoms with Gasteiger partial charge in [-0.1, -0.05) is 32.4 Å². The molecule has 1 aromatic heterocycles. The molecule has 0 saturated carbocycles. The van der Waals surface area contributed by atoms with Gasteiger partial charge in [0.05, 0.1) is 24.2 Å². The number of carbonyl (C=O) groups excluding carboxylic acids is 1. The van der Waals surface area contributed by atoms with Gasteiger partial charge in [0, 0.05) is 46.3 Å². The Labute approximate surface area is 190 Å². The number of aryl methyl sites for hydroxylation is 1. The normalized spacial score (nSPS) is 14.3. The van der Waals surface area contributed by atoms with Crippen LogP contribution in [-0.2, 0) is 18.4 Å². The number of rotatable bonds is 8. The third-order valence-corrected chi connectivity index (χ3v) is 5.69. The molecule has 0 aliphatic carbocycles. The lowest BCUT2D eigenvalue weighted by atomic mass is 10.1. The number of hydrogen-bond acceptors (Lipinski definition) is 4. The summed E-state index contributed by atoms with van der Waals surface area (Å²) in [5.74, 6) is 2.70. The molecule has 31 heavy (non-hydrogen) atoms. The SMILES string of the molecule is CC(C)CN(Cc1cc(Cl)c2c(c1)OCCCO2)C(=O)C(C)CN(C)c1cccn1C. The minimum Gasteiger partial charge on any atom is -0.489 e. The lowest BCUT2D eigenvalue weighted by molar-refractivity contribution is -0.135. The number of ether oxygens (including phenoxy) is 2. The Morgan fingerprint density at radius 3 is 2.61 bits per heavy atom. The van der Waals surface area contributed by atoms with Crippen LogP contribution >= 0.6 is 11.6 Å². The van der Waals surface area contributed by atoms with Gasteiger partial charge in [0.2, 0.25) is 5.91 Å². The number of fused-ring (bicyclic) bond motifs is 1. The molecule has 1 aromatic carbocycles. The van der Waals surface area contributed by atoms with Crippen LogP contribution in [0.4, 0.5) is 5.82 Å². The Kier molecular flexibility index (Phi) is 7.76. The predicted octanol–water partition coefficient (Wildman–Crippen LogP) is 4.60. The molecule has 2 heterocycles. The van der Waals surface area contributed by atoms with Gasteiger partial charge in [0.15, 0.2) is 11.5 Å². The third kappa shape index (κ3) is 5.88. The summed E-state index contributed by atoms with van der Waals surface area (Å²) in [6, 6.07) is 7.91. The molecule has 3 rings (SSSR count). The lowest BCUT2D eigenvalue weighted by Gasteiger charge is -2.30. The first kappa shape index (κ1) is 23.3. The maximum absolute atomic E-state index is 13.4. The molecule has 1 atom stereocenters. The molecule has 1 unspecified atom stereocenters. The lowest BCUT2D eigenvalue weighted by Crippen LogP contribution is -2.41. The molecule has 0 bridgehead atoms. The van der Waals surface area contributed by atoms with Crippen LogP contribution in [0.15, 0.2) is 30.5 Å². The maximum atomic E-state index is 13.4. The third-order valence-electron chi connectivity index (χ3n) is 5.41. The molecule has 2 aromatic rings. The Bertz CT molecular complexity index is 896. The molecule has 7 heteroatoms. The van der Waals surface area contributed by atoms with E-state index in [0.29, 0.717) is 55.3 Å². The molecule has 0 fully saturated rings. The summed E-state index contributed by atoms with van der Waals surface area (Å²) in [5, 5.41) is 0.530. The van der Waals surface area contributed by atoms with E-state index in [-0.39, 0.29) is 11.8 Å². The summed E-state index contributed by atoms with van der Waals surface area (Å²) in [6.45, 7) is 9.27. The van der Waals surface area contributed by atoms with Crippen molar-refractivity contribution in [1.82, 2.24) is 9.47 Å². The van der Waals surface area contributed by atoms with Gasteiger partial charge in [-0.15, -0.1) is 0 Å². The zero-order chi connectivity index (χ0) is 22.5. The second-order valence-corrected chi connectivity index (χ2v) is 9.23. The number of hydrogen-bond donors (Lipinski definition) is 0. The Balaban J connectivity index is 1.75. The Hall–Kier alpha value is -2.34. The summed E-state index contributed by atoms with van der Waals surface area (Å²) < 4.78 is 13.6. The van der Waals surface area contributed by atoms with Crippen LogP contribution in [0.3, 0.4) is 0 Å². The van der Waals surface area contributed by atoms with E-state index in [2.05, 4.69) is 29.4 Å². The molecular formula is C24H34ClN3O3. The van der Waals surface area contributed by atoms with Crippen molar-refractivity contribution >= 4 is 23.3 Å². The summed E-state index contributed by atoms with van der Waals surface area (Å²) >= 11 is 6.47. The fourth-order valence-electron chi connectivity index (χ4n) is 4.01. The van der Waals surface area contributed by atoms with Crippen LogP contribution in [0, 0.1) is 11.8 Å². The number of anilines is 1. The monoisotopic (exact) mass is 447 g/mol. The molecule has 0 saturated heterocycles. The minimum absolute atomic E-state index is 0.137. The highest BCUT2D eigenvalue weighted by Crippen LogP contribution is 2.38. The molecule has 1 aliphatic heterocycles. The molecular weight excluding hydrogens is 414 g/mol. The van der Waals surface area contributed by atoms with Gasteiger partial charge in [0.1, 0.15) is 5.82 Å². The van der Waals surface area contributed by atoms with Crippen LogP contribution in [0.5, 0.6) is 11.5 Å². The number of aromatic nitrogens is 1. The molecule has 170 valence electrons. The largest absolute Gasteiger partial charge is 0.489 e. The van der Waals surface area contributed by atoms with Crippen LogP contribution in [0.1, 0.15) is 32.8 Å². The van der Waals surface area contributed by atoms with Crippen molar-refractivity contribution in [2.75, 3.05) is 38.3 Å². The Morgan fingerprint density at radius 1 is 1.19 bits per heavy atom. The van der Waals surface area contributed by atoms with Crippen molar-refractivity contribution in [3.05, 3.63) is 41.0 Å². The van der Waals surface area contributed by atoms with Gasteiger partial charge in [-0.3, -0.25) is 4.79 Å². The van der Waals surface area contributed by atoms with Crippen LogP contribution in [-0.4, -0.2) is 48.7 Å². The van der Waals surface area contributed by atoms with Crippen molar-refractivity contribution in [1.29, 1.82) is 0 Å². The number of benzene rings is 1. The van der Waals surface area contributed by atoms with Gasteiger partial charge in [-0.25, -0.2) is 0 Å². The van der Waals surface area contributed by atoms with Gasteiger partial charge in [-0.05, 0) is 35.7 Å². The summed E-state index contributed by atoms with van der Waals surface area (Å²) in [5.41, 5.74) is 0.950. The van der Waals surface area contributed by atoms with Crippen LogP contribution < -0.4 is 14.4 Å². The van der Waals surface area contributed by atoms with Crippen molar-refractivity contribution in [3.63, 3.8) is 0 Å². The van der Waals surface area contributed by atoms with E-state index in [9.17, 15) is 4.79 Å². The van der Waals surface area contributed by atoms with Crippen molar-refractivity contribution in [3.8, 4) is 11.5 Å². The zero-order valence-corrected chi connectivity index (χ0v) is 20.0. The fourth-order valence-corrected chi connectivity index (χ4v) is 4.30. The quantitative estimate of drug-likeness (QED) is 0.593. The number of halogens is 1. The first-order valence-electron chi connectivity index (χ1n) is 11.0. The highest BCUT2D eigenvalue weighted by Gasteiger charge is 2.24. The molecule has 6 nitrogen and oxygen atoms in total. The molecule has 0 spiro atoms. The average Bonchev–Trinajstić information content (AvgIpc) is 2.99. The summed E-state index contributed by atoms with van der Waals surface area (Å²) in [7, 11) is 4.03. The Morgan fingerprint density at radius 2 is 1.94 bits per heavy atom. The van der Waals surface area contributed by atoms with E-state index < -0.39 is 0 Å².